The Morgan fingerprint density at radius 1 is 1.10 bits per heavy atom. The van der Waals surface area contributed by atoms with Crippen molar-refractivity contribution in [2.45, 2.75) is 6.04 Å². The summed E-state index contributed by atoms with van der Waals surface area (Å²) in [4.78, 5) is 24.3. The third kappa shape index (κ3) is 2.68. The van der Waals surface area contributed by atoms with Gasteiger partial charge >= 0.3 is 5.97 Å². The number of thiophene rings is 2. The Morgan fingerprint density at radius 2 is 1.90 bits per heavy atom. The molecule has 21 heavy (non-hydrogen) atoms. The zero-order chi connectivity index (χ0) is 14.8. The summed E-state index contributed by atoms with van der Waals surface area (Å²) in [5.74, 6) is -1.43. The Hall–Kier alpha value is -2.18. The van der Waals surface area contributed by atoms with Gasteiger partial charge in [0.15, 0.2) is 6.04 Å². The quantitative estimate of drug-likeness (QED) is 0.774. The fraction of sp³-hybridized carbons (Fsp3) is 0.0667. The van der Waals surface area contributed by atoms with Gasteiger partial charge < -0.3 is 10.4 Å². The van der Waals surface area contributed by atoms with Gasteiger partial charge in [-0.05, 0) is 17.5 Å². The molecular weight excluding hydrogens is 306 g/mol. The molecule has 0 aliphatic rings. The van der Waals surface area contributed by atoms with Crippen LogP contribution in [0.4, 0.5) is 0 Å². The summed E-state index contributed by atoms with van der Waals surface area (Å²) in [7, 11) is 0. The smallest absolute Gasteiger partial charge is 0.331 e. The number of carboxylic acids is 1. The lowest BCUT2D eigenvalue weighted by atomic mass is 10.1. The van der Waals surface area contributed by atoms with E-state index in [2.05, 4.69) is 5.32 Å². The summed E-state index contributed by atoms with van der Waals surface area (Å²) in [5.41, 5.74) is 0.512. The van der Waals surface area contributed by atoms with E-state index in [-0.39, 0.29) is 5.91 Å². The van der Waals surface area contributed by atoms with Gasteiger partial charge in [0.2, 0.25) is 0 Å². The molecule has 2 heterocycles. The maximum atomic E-state index is 12.4. The first-order valence-corrected chi connectivity index (χ1v) is 7.96. The molecule has 2 N–H and O–H groups in total. The maximum absolute atomic E-state index is 12.4. The van der Waals surface area contributed by atoms with Crippen LogP contribution >= 0.6 is 22.7 Å². The average Bonchev–Trinajstić information content (AvgIpc) is 3.13. The lowest BCUT2D eigenvalue weighted by Crippen LogP contribution is -2.33. The Kier molecular flexibility index (Phi) is 3.72. The van der Waals surface area contributed by atoms with Gasteiger partial charge in [-0.2, -0.15) is 0 Å². The number of nitrogens with one attached hydrogen (secondary N) is 1. The first kappa shape index (κ1) is 13.8. The standard InChI is InChI=1S/C15H11NO3S2/c17-14(10-8-21-11-5-2-1-4-9(10)11)16-13(15(18)19)12-6-3-7-20-12/h1-8,13H,(H,16,17)(H,18,19). The predicted octanol–water partition coefficient (Wildman–Crippen LogP) is 3.52. The summed E-state index contributed by atoms with van der Waals surface area (Å²) in [5, 5.41) is 16.3. The summed E-state index contributed by atoms with van der Waals surface area (Å²) in [6.45, 7) is 0. The zero-order valence-corrected chi connectivity index (χ0v) is 12.4. The highest BCUT2D eigenvalue weighted by Crippen LogP contribution is 2.26. The SMILES string of the molecule is O=C(NC(C(=O)O)c1cccs1)c1csc2ccccc12. The zero-order valence-electron chi connectivity index (χ0n) is 10.8. The topological polar surface area (TPSA) is 66.4 Å². The Morgan fingerprint density at radius 3 is 2.62 bits per heavy atom. The van der Waals surface area contributed by atoms with Crippen molar-refractivity contribution in [1.29, 1.82) is 0 Å². The van der Waals surface area contributed by atoms with Gasteiger partial charge in [-0.15, -0.1) is 22.7 Å². The normalized spacial score (nSPS) is 12.2. The highest BCUT2D eigenvalue weighted by atomic mass is 32.1. The van der Waals surface area contributed by atoms with Crippen molar-refractivity contribution in [2.24, 2.45) is 0 Å². The number of carbonyl (C=O) groups is 2. The number of amides is 1. The van der Waals surface area contributed by atoms with E-state index in [9.17, 15) is 14.7 Å². The van der Waals surface area contributed by atoms with Crippen LogP contribution in [0.15, 0.2) is 47.2 Å². The van der Waals surface area contributed by atoms with Crippen molar-refractivity contribution >= 4 is 44.6 Å². The predicted molar refractivity (Wildman–Crippen MR) is 84.0 cm³/mol. The van der Waals surface area contributed by atoms with E-state index in [0.29, 0.717) is 10.4 Å². The van der Waals surface area contributed by atoms with Gasteiger partial charge in [0.05, 0.1) is 5.56 Å². The molecular formula is C15H11NO3S2. The van der Waals surface area contributed by atoms with Crippen LogP contribution < -0.4 is 5.32 Å². The molecule has 0 fully saturated rings. The summed E-state index contributed by atoms with van der Waals surface area (Å²) in [6.07, 6.45) is 0. The van der Waals surface area contributed by atoms with E-state index < -0.39 is 12.0 Å². The number of benzene rings is 1. The number of rotatable bonds is 4. The number of fused-ring (bicyclic) bond motifs is 1. The molecule has 0 saturated carbocycles. The molecule has 0 radical (unpaired) electrons. The highest BCUT2D eigenvalue weighted by molar-refractivity contribution is 7.17. The van der Waals surface area contributed by atoms with E-state index >= 15 is 0 Å². The Labute approximate surface area is 128 Å². The molecule has 4 nitrogen and oxygen atoms in total. The lowest BCUT2D eigenvalue weighted by molar-refractivity contribution is -0.139. The maximum Gasteiger partial charge on any atom is 0.331 e. The van der Waals surface area contributed by atoms with Gasteiger partial charge in [-0.1, -0.05) is 24.3 Å². The molecule has 1 atom stereocenters. The molecule has 0 saturated heterocycles. The first-order valence-electron chi connectivity index (χ1n) is 6.20. The largest absolute Gasteiger partial charge is 0.479 e. The van der Waals surface area contributed by atoms with Crippen molar-refractivity contribution in [3.8, 4) is 0 Å². The van der Waals surface area contributed by atoms with E-state index in [4.69, 9.17) is 0 Å². The van der Waals surface area contributed by atoms with Gasteiger partial charge in [0.25, 0.3) is 5.91 Å². The average molecular weight is 317 g/mol. The molecule has 106 valence electrons. The van der Waals surface area contributed by atoms with E-state index in [1.54, 1.807) is 22.9 Å². The van der Waals surface area contributed by atoms with Crippen LogP contribution in [-0.2, 0) is 4.79 Å². The monoisotopic (exact) mass is 317 g/mol. The fourth-order valence-electron chi connectivity index (χ4n) is 2.07. The van der Waals surface area contributed by atoms with Crippen LogP contribution in [-0.4, -0.2) is 17.0 Å². The molecule has 0 spiro atoms. The van der Waals surface area contributed by atoms with Gasteiger partial charge in [0, 0.05) is 20.3 Å². The molecule has 6 heteroatoms. The first-order chi connectivity index (χ1) is 10.2. The molecule has 3 aromatic rings. The molecule has 0 bridgehead atoms. The van der Waals surface area contributed by atoms with Crippen molar-refractivity contribution in [3.05, 3.63) is 57.6 Å². The summed E-state index contributed by atoms with van der Waals surface area (Å²) >= 11 is 2.78. The van der Waals surface area contributed by atoms with Crippen molar-refractivity contribution in [3.63, 3.8) is 0 Å². The van der Waals surface area contributed by atoms with Crippen molar-refractivity contribution < 1.29 is 14.7 Å². The second kappa shape index (κ2) is 5.67. The third-order valence-electron chi connectivity index (χ3n) is 3.08. The number of carbonyl (C=O) groups excluding carboxylic acids is 1. The molecule has 3 rings (SSSR count). The summed E-state index contributed by atoms with van der Waals surface area (Å²) < 4.78 is 1.01. The van der Waals surface area contributed by atoms with Crippen LogP contribution in [0.3, 0.4) is 0 Å². The molecule has 1 amide bonds. The Balaban J connectivity index is 1.90. The summed E-state index contributed by atoms with van der Waals surface area (Å²) in [6, 6.07) is 10.0. The number of hydrogen-bond donors (Lipinski definition) is 2. The van der Waals surface area contributed by atoms with Crippen LogP contribution in [0.1, 0.15) is 21.3 Å². The third-order valence-corrected chi connectivity index (χ3v) is 4.98. The van der Waals surface area contributed by atoms with Crippen LogP contribution in [0.5, 0.6) is 0 Å². The minimum Gasteiger partial charge on any atom is -0.479 e. The van der Waals surface area contributed by atoms with E-state index in [1.165, 1.54) is 22.7 Å². The number of aliphatic carboxylic acids is 1. The highest BCUT2D eigenvalue weighted by Gasteiger charge is 2.24. The van der Waals surface area contributed by atoms with Crippen LogP contribution in [0.25, 0.3) is 10.1 Å². The second-order valence-corrected chi connectivity index (χ2v) is 6.30. The minimum atomic E-state index is -1.06. The van der Waals surface area contributed by atoms with Crippen molar-refractivity contribution in [2.75, 3.05) is 0 Å². The number of hydrogen-bond acceptors (Lipinski definition) is 4. The van der Waals surface area contributed by atoms with Crippen LogP contribution in [0.2, 0.25) is 0 Å². The van der Waals surface area contributed by atoms with Gasteiger partial charge in [-0.25, -0.2) is 4.79 Å². The van der Waals surface area contributed by atoms with Crippen LogP contribution in [0, 0.1) is 0 Å². The number of carboxylic acid groups (broad SMARTS) is 1. The second-order valence-electron chi connectivity index (χ2n) is 4.41. The Bertz CT molecular complexity index is 792. The minimum absolute atomic E-state index is 0.367. The molecule has 2 aromatic heterocycles. The van der Waals surface area contributed by atoms with Gasteiger partial charge in [0.1, 0.15) is 0 Å². The molecule has 0 aliphatic heterocycles. The molecule has 1 unspecified atom stereocenters. The molecule has 1 aromatic carbocycles. The van der Waals surface area contributed by atoms with Crippen molar-refractivity contribution in [1.82, 2.24) is 5.32 Å². The van der Waals surface area contributed by atoms with Gasteiger partial charge in [-0.3, -0.25) is 4.79 Å². The van der Waals surface area contributed by atoms with E-state index in [0.717, 1.165) is 10.1 Å². The molecule has 0 aliphatic carbocycles. The fourth-order valence-corrected chi connectivity index (χ4v) is 3.78. The lowest BCUT2D eigenvalue weighted by Gasteiger charge is -2.12. The van der Waals surface area contributed by atoms with E-state index in [1.807, 2.05) is 24.3 Å².